The number of hydrogen-bond acceptors (Lipinski definition) is 11. The number of rotatable bonds is 25. The Hall–Kier alpha value is -7.29. The van der Waals surface area contributed by atoms with Crippen molar-refractivity contribution in [1.82, 2.24) is 10.2 Å². The lowest BCUT2D eigenvalue weighted by Gasteiger charge is -2.59. The molecule has 76 heavy (non-hydrogen) atoms. The summed E-state index contributed by atoms with van der Waals surface area (Å²) >= 11 is 0. The molecule has 6 aromatic carbocycles. The highest BCUT2D eigenvalue weighted by atomic mass is 16.7. The van der Waals surface area contributed by atoms with Crippen LogP contribution in [0.25, 0.3) is 10.8 Å². The zero-order valence-electron chi connectivity index (χ0n) is 43.1. The lowest BCUT2D eigenvalue weighted by Crippen LogP contribution is -2.70. The molecule has 6 atom stereocenters. The third-order valence-corrected chi connectivity index (χ3v) is 14.8. The summed E-state index contributed by atoms with van der Waals surface area (Å²) in [5.41, 5.74) is 6.09. The molecule has 0 saturated heterocycles. The summed E-state index contributed by atoms with van der Waals surface area (Å²) in [7, 11) is 0. The summed E-state index contributed by atoms with van der Waals surface area (Å²) in [6.45, 7) is 5.39. The molecule has 13 heteroatoms. The van der Waals surface area contributed by atoms with Crippen LogP contribution in [-0.2, 0) is 45.4 Å². The first kappa shape index (κ1) is 53.5. The maximum absolute atomic E-state index is 15.4. The van der Waals surface area contributed by atoms with Crippen LogP contribution in [0.4, 0.5) is 9.59 Å². The van der Waals surface area contributed by atoms with E-state index in [1.807, 2.05) is 127 Å². The molecule has 0 unspecified atom stereocenters. The Bertz CT molecular complexity index is 2910. The SMILES string of the molecule is C=CCO[C@@]12Oc3ccc(OC(=O)NCc4ccccc4)cc3[C@H]3[C@H](CCCCO)[C@@H](CCCCO)C=C(C(=NOCc4ccccc4)C[C@@H]1N(Cc1cccc4ccccc14)C(=O)OCCOCc1ccccc1)[C@H]32. The average molecular weight is 1030 g/mol. The summed E-state index contributed by atoms with van der Waals surface area (Å²) in [5, 5.41) is 30.1. The number of hydrogen-bond donors (Lipinski definition) is 3. The molecule has 6 aromatic rings. The molecule has 1 saturated carbocycles. The Labute approximate surface area is 445 Å². The second-order valence-corrected chi connectivity index (χ2v) is 19.7. The van der Waals surface area contributed by atoms with Gasteiger partial charge in [0.1, 0.15) is 30.8 Å². The number of aliphatic hydroxyl groups excluding tert-OH is 2. The van der Waals surface area contributed by atoms with Crippen molar-refractivity contribution in [3.05, 3.63) is 204 Å². The predicted octanol–water partition coefficient (Wildman–Crippen LogP) is 11.8. The maximum atomic E-state index is 15.4. The number of nitrogens with zero attached hydrogens (tertiary/aromatic N) is 2. The maximum Gasteiger partial charge on any atom is 0.412 e. The van der Waals surface area contributed by atoms with Crippen molar-refractivity contribution >= 4 is 28.7 Å². The van der Waals surface area contributed by atoms with Gasteiger partial charge in [0, 0.05) is 37.7 Å². The Kier molecular flexibility index (Phi) is 18.6. The first-order chi connectivity index (χ1) is 37.4. The molecule has 13 nitrogen and oxygen atoms in total. The Balaban J connectivity index is 1.18. The number of fused-ring (bicyclic) bond motifs is 3. The fraction of sp³-hybridized carbons (Fsp3) is 0.349. The molecule has 2 aliphatic carbocycles. The second-order valence-electron chi connectivity index (χ2n) is 19.7. The van der Waals surface area contributed by atoms with Crippen molar-refractivity contribution in [3.8, 4) is 11.5 Å². The van der Waals surface area contributed by atoms with E-state index in [0.29, 0.717) is 36.7 Å². The van der Waals surface area contributed by atoms with Gasteiger partial charge in [-0.2, -0.15) is 0 Å². The molecule has 396 valence electrons. The van der Waals surface area contributed by atoms with Crippen LogP contribution in [0.15, 0.2) is 181 Å². The van der Waals surface area contributed by atoms with Crippen LogP contribution in [0.3, 0.4) is 0 Å². The molecule has 0 bridgehead atoms. The van der Waals surface area contributed by atoms with Crippen LogP contribution in [0.1, 0.15) is 78.7 Å². The number of aliphatic hydroxyl groups is 2. The van der Waals surface area contributed by atoms with Crippen molar-refractivity contribution < 1.29 is 48.3 Å². The van der Waals surface area contributed by atoms with Crippen LogP contribution in [0.5, 0.6) is 11.5 Å². The van der Waals surface area contributed by atoms with Crippen LogP contribution in [0, 0.1) is 17.8 Å². The highest BCUT2D eigenvalue weighted by Crippen LogP contribution is 2.62. The van der Waals surface area contributed by atoms with E-state index >= 15 is 4.79 Å². The number of carbonyl (C=O) groups is 2. The first-order valence-corrected chi connectivity index (χ1v) is 26.6. The molecule has 2 amide bonds. The molecular weight excluding hydrogens is 959 g/mol. The number of benzene rings is 6. The van der Waals surface area contributed by atoms with Gasteiger partial charge in [-0.3, -0.25) is 4.90 Å². The van der Waals surface area contributed by atoms with Gasteiger partial charge in [-0.25, -0.2) is 9.59 Å². The van der Waals surface area contributed by atoms with Gasteiger partial charge in [-0.05, 0) is 94.3 Å². The number of amides is 2. The summed E-state index contributed by atoms with van der Waals surface area (Å²) in [6.07, 6.45) is 7.17. The zero-order chi connectivity index (χ0) is 52.5. The topological polar surface area (TPSA) is 158 Å². The van der Waals surface area contributed by atoms with E-state index in [1.165, 1.54) is 0 Å². The highest BCUT2D eigenvalue weighted by Gasteiger charge is 2.66. The normalized spacial score (nSPS) is 20.8. The number of oxime groups is 1. The predicted molar refractivity (Wildman–Crippen MR) is 292 cm³/mol. The molecule has 1 heterocycles. The van der Waals surface area contributed by atoms with E-state index in [1.54, 1.807) is 17.0 Å². The summed E-state index contributed by atoms with van der Waals surface area (Å²) < 4.78 is 33.1. The van der Waals surface area contributed by atoms with Gasteiger partial charge in [0.2, 0.25) is 5.79 Å². The quantitative estimate of drug-likeness (QED) is 0.0286. The number of ether oxygens (including phenoxy) is 5. The molecule has 0 radical (unpaired) electrons. The van der Waals surface area contributed by atoms with Crippen molar-refractivity contribution in [2.24, 2.45) is 22.9 Å². The Morgan fingerprint density at radius 2 is 1.46 bits per heavy atom. The minimum absolute atomic E-state index is 0.0167. The van der Waals surface area contributed by atoms with E-state index in [9.17, 15) is 15.0 Å². The molecule has 1 aliphatic heterocycles. The summed E-state index contributed by atoms with van der Waals surface area (Å²) in [6, 6.07) is 48.1. The standard InChI is InChI=1S/C63H69N3O10/c1-2-35-73-63-58(66(42-50-28-18-27-48-25-12-13-29-52(48)50)62(70)72-37-36-71-43-46-21-8-4-9-22-46)40-56(65-74-44-47-23-10-5-11-24-47)54-38-49(26-14-16-33-67)53(30-15-17-34-68)59(60(54)63)55-39-51(31-32-57(55)76-63)75-61(69)64-41-45-19-6-3-7-20-45/h2-13,18-25,27-29,31-32,38-39,49,53,58-60,67-68H,1,14-17,26,30,33-37,40-44H2,(H,64,69)/t49-,53+,58-,59+,60+,63+/m0/s1. The van der Waals surface area contributed by atoms with Gasteiger partial charge >= 0.3 is 12.2 Å². The summed E-state index contributed by atoms with van der Waals surface area (Å²) in [5.74, 6) is -1.81. The smallest absolute Gasteiger partial charge is 0.412 e. The van der Waals surface area contributed by atoms with E-state index in [4.69, 9.17) is 33.7 Å². The fourth-order valence-electron chi connectivity index (χ4n) is 11.3. The lowest BCUT2D eigenvalue weighted by molar-refractivity contribution is -0.256. The second kappa shape index (κ2) is 26.5. The molecule has 3 aliphatic rings. The number of nitrogens with one attached hydrogen (secondary N) is 1. The Morgan fingerprint density at radius 1 is 0.776 bits per heavy atom. The largest absolute Gasteiger partial charge is 0.459 e. The lowest BCUT2D eigenvalue weighted by atomic mass is 9.55. The van der Waals surface area contributed by atoms with Crippen LogP contribution in [-0.4, -0.2) is 77.9 Å². The van der Waals surface area contributed by atoms with E-state index in [2.05, 4.69) is 36.2 Å². The number of unbranched alkanes of at least 4 members (excludes halogenated alkanes) is 2. The van der Waals surface area contributed by atoms with Crippen molar-refractivity contribution in [2.45, 2.75) is 89.0 Å². The van der Waals surface area contributed by atoms with Gasteiger partial charge < -0.3 is 44.1 Å². The molecule has 1 fully saturated rings. The summed E-state index contributed by atoms with van der Waals surface area (Å²) in [4.78, 5) is 36.9. The van der Waals surface area contributed by atoms with Crippen molar-refractivity contribution in [2.75, 3.05) is 33.0 Å². The van der Waals surface area contributed by atoms with Crippen molar-refractivity contribution in [3.63, 3.8) is 0 Å². The van der Waals surface area contributed by atoms with Crippen molar-refractivity contribution in [1.29, 1.82) is 0 Å². The molecule has 0 spiro atoms. The van der Waals surface area contributed by atoms with Gasteiger partial charge in [-0.1, -0.05) is 164 Å². The van der Waals surface area contributed by atoms with Crippen LogP contribution >= 0.6 is 0 Å². The average Bonchev–Trinajstić information content (AvgIpc) is 3.53. The molecule has 3 N–H and O–H groups in total. The van der Waals surface area contributed by atoms with E-state index in [0.717, 1.165) is 69.8 Å². The zero-order valence-corrected chi connectivity index (χ0v) is 43.1. The minimum Gasteiger partial charge on any atom is -0.459 e. The third kappa shape index (κ3) is 12.9. The first-order valence-electron chi connectivity index (χ1n) is 26.6. The molecule has 0 aromatic heterocycles. The molecular formula is C63H69N3O10. The van der Waals surface area contributed by atoms with Gasteiger partial charge in [0.25, 0.3) is 0 Å². The van der Waals surface area contributed by atoms with E-state index in [-0.39, 0.29) is 76.9 Å². The van der Waals surface area contributed by atoms with Crippen LogP contribution in [0.2, 0.25) is 0 Å². The minimum atomic E-state index is -1.58. The Morgan fingerprint density at radius 3 is 2.20 bits per heavy atom. The van der Waals surface area contributed by atoms with E-state index < -0.39 is 29.9 Å². The molecule has 9 rings (SSSR count). The van der Waals surface area contributed by atoms with Gasteiger partial charge in [-0.15, -0.1) is 6.58 Å². The van der Waals surface area contributed by atoms with Crippen LogP contribution < -0.4 is 14.8 Å². The van der Waals surface area contributed by atoms with Gasteiger partial charge in [0.15, 0.2) is 0 Å². The third-order valence-electron chi connectivity index (χ3n) is 14.8. The monoisotopic (exact) mass is 1030 g/mol. The number of carbonyl (C=O) groups excluding carboxylic acids is 2. The van der Waals surface area contributed by atoms with Gasteiger partial charge in [0.05, 0.1) is 38.0 Å². The fourth-order valence-corrected chi connectivity index (χ4v) is 11.3. The number of allylic oxidation sites excluding steroid dienone is 1. The highest BCUT2D eigenvalue weighted by molar-refractivity contribution is 6.03.